The zero-order valence-corrected chi connectivity index (χ0v) is 24.9. The Kier molecular flexibility index (Phi) is 18.2. The molecule has 10 unspecified atom stereocenters. The number of rotatable bonds is 20. The van der Waals surface area contributed by atoms with Crippen LogP contribution in [0.3, 0.4) is 0 Å². The second-order valence-electron chi connectivity index (χ2n) is 11.3. The van der Waals surface area contributed by atoms with Gasteiger partial charge in [0, 0.05) is 6.42 Å². The summed E-state index contributed by atoms with van der Waals surface area (Å²) in [5.41, 5.74) is 0. The zero-order chi connectivity index (χ0) is 30.9. The Balaban J connectivity index is 1.72. The van der Waals surface area contributed by atoms with Crippen molar-refractivity contribution in [2.45, 2.75) is 158 Å². The Hall–Kier alpha value is -1.19. The van der Waals surface area contributed by atoms with E-state index >= 15 is 0 Å². The van der Waals surface area contributed by atoms with Gasteiger partial charge >= 0.3 is 5.97 Å². The molecule has 0 aromatic heterocycles. The maximum absolute atomic E-state index is 12.6. The van der Waals surface area contributed by atoms with E-state index in [1.165, 1.54) is 44.9 Å². The minimum Gasteiger partial charge on any atom is -0.433 e. The first-order valence-corrected chi connectivity index (χ1v) is 15.7. The van der Waals surface area contributed by atoms with Crippen LogP contribution in [-0.2, 0) is 23.7 Å². The predicted molar refractivity (Wildman–Crippen MR) is 152 cm³/mol. The number of allylic oxidation sites excluding steroid dienone is 2. The predicted octanol–water partition coefficient (Wildman–Crippen LogP) is 1.19. The molecule has 0 radical (unpaired) electrons. The molecule has 0 amide bonds. The second-order valence-corrected chi connectivity index (χ2v) is 11.3. The van der Waals surface area contributed by atoms with Crippen LogP contribution >= 0.6 is 0 Å². The molecule has 10 atom stereocenters. The van der Waals surface area contributed by atoms with E-state index in [0.29, 0.717) is 6.42 Å². The van der Waals surface area contributed by atoms with Crippen LogP contribution in [0.15, 0.2) is 12.2 Å². The van der Waals surface area contributed by atoms with E-state index < -0.39 is 80.6 Å². The Morgan fingerprint density at radius 2 is 1.14 bits per heavy atom. The summed E-state index contributed by atoms with van der Waals surface area (Å²) >= 11 is 0. The van der Waals surface area contributed by atoms with Gasteiger partial charge in [0.15, 0.2) is 12.4 Å². The standard InChI is InChI=1S/C30H54O12/c1-2-3-4-5-6-7-8-9-10-11-12-13-14-15-16-17-22(33)41-30-28(26(37)24(35)21(19-32)40-30)42-29-27(38)25(36)23(34)20(18-31)39-29/h6-7,20-21,23-32,34-38H,2-5,8-19H2,1H3. The maximum Gasteiger partial charge on any atom is 0.308 e. The Labute approximate surface area is 249 Å². The van der Waals surface area contributed by atoms with E-state index in [0.717, 1.165) is 32.1 Å². The highest BCUT2D eigenvalue weighted by Gasteiger charge is 2.51. The van der Waals surface area contributed by atoms with E-state index in [1.54, 1.807) is 0 Å². The van der Waals surface area contributed by atoms with Gasteiger partial charge in [0.2, 0.25) is 6.29 Å². The third-order valence-electron chi connectivity index (χ3n) is 7.85. The lowest BCUT2D eigenvalue weighted by molar-refractivity contribution is -0.362. The maximum atomic E-state index is 12.6. The summed E-state index contributed by atoms with van der Waals surface area (Å²) in [5, 5.41) is 70.2. The second kappa shape index (κ2) is 20.7. The van der Waals surface area contributed by atoms with Gasteiger partial charge in [-0.3, -0.25) is 4.79 Å². The molecule has 7 N–H and O–H groups in total. The average Bonchev–Trinajstić information content (AvgIpc) is 2.98. The summed E-state index contributed by atoms with van der Waals surface area (Å²) in [4.78, 5) is 12.6. The number of carbonyl (C=O) groups is 1. The van der Waals surface area contributed by atoms with E-state index in [9.17, 15) is 40.5 Å². The molecule has 42 heavy (non-hydrogen) atoms. The van der Waals surface area contributed by atoms with Crippen molar-refractivity contribution in [3.8, 4) is 0 Å². The monoisotopic (exact) mass is 606 g/mol. The summed E-state index contributed by atoms with van der Waals surface area (Å²) in [6.07, 6.45) is 3.30. The minimum atomic E-state index is -1.78. The molecule has 2 aliphatic heterocycles. The molecule has 12 nitrogen and oxygen atoms in total. The van der Waals surface area contributed by atoms with Gasteiger partial charge in [-0.1, -0.05) is 70.4 Å². The van der Waals surface area contributed by atoms with E-state index in [-0.39, 0.29) is 6.42 Å². The molecule has 0 bridgehead atoms. The molecule has 2 saturated heterocycles. The van der Waals surface area contributed by atoms with Gasteiger partial charge < -0.3 is 54.7 Å². The number of hydrogen-bond donors (Lipinski definition) is 7. The number of carbonyl (C=O) groups excluding carboxylic acids is 1. The first-order valence-electron chi connectivity index (χ1n) is 15.7. The quantitative estimate of drug-likeness (QED) is 0.0595. The van der Waals surface area contributed by atoms with Crippen molar-refractivity contribution in [1.29, 1.82) is 0 Å². The van der Waals surface area contributed by atoms with Crippen molar-refractivity contribution in [3.63, 3.8) is 0 Å². The van der Waals surface area contributed by atoms with Crippen LogP contribution in [0.1, 0.15) is 96.8 Å². The van der Waals surface area contributed by atoms with Gasteiger partial charge in [-0.2, -0.15) is 0 Å². The smallest absolute Gasteiger partial charge is 0.308 e. The van der Waals surface area contributed by atoms with E-state index in [4.69, 9.17) is 18.9 Å². The highest BCUT2D eigenvalue weighted by Crippen LogP contribution is 2.30. The van der Waals surface area contributed by atoms with E-state index in [2.05, 4.69) is 19.1 Å². The van der Waals surface area contributed by atoms with E-state index in [1.807, 2.05) is 0 Å². The largest absolute Gasteiger partial charge is 0.433 e. The molecule has 0 spiro atoms. The summed E-state index contributed by atoms with van der Waals surface area (Å²) in [7, 11) is 0. The number of hydrogen-bond acceptors (Lipinski definition) is 12. The third-order valence-corrected chi connectivity index (χ3v) is 7.85. The highest BCUT2D eigenvalue weighted by atomic mass is 16.8. The first kappa shape index (κ1) is 37.0. The van der Waals surface area contributed by atoms with Crippen LogP contribution in [0.25, 0.3) is 0 Å². The van der Waals surface area contributed by atoms with Gasteiger partial charge in [-0.15, -0.1) is 0 Å². The summed E-state index contributed by atoms with van der Waals surface area (Å²) < 4.78 is 21.7. The van der Waals surface area contributed by atoms with Gasteiger partial charge in [0.25, 0.3) is 0 Å². The summed E-state index contributed by atoms with van der Waals surface area (Å²) in [5.74, 6) is -0.634. The molecular weight excluding hydrogens is 552 g/mol. The van der Waals surface area contributed by atoms with Crippen LogP contribution in [-0.4, -0.2) is 116 Å². The van der Waals surface area contributed by atoms with Crippen LogP contribution in [0.4, 0.5) is 0 Å². The normalized spacial score (nSPS) is 33.7. The fraction of sp³-hybridized carbons (Fsp3) is 0.900. The lowest BCUT2D eigenvalue weighted by Crippen LogP contribution is -2.64. The average molecular weight is 607 g/mol. The molecular formula is C30H54O12. The first-order chi connectivity index (χ1) is 20.2. The number of esters is 1. The Bertz CT molecular complexity index is 750. The number of aliphatic hydroxyl groups is 7. The van der Waals surface area contributed by atoms with Gasteiger partial charge in [0.05, 0.1) is 13.2 Å². The molecule has 0 aromatic rings. The Morgan fingerprint density at radius 1 is 0.643 bits per heavy atom. The molecule has 2 heterocycles. The highest BCUT2D eigenvalue weighted by molar-refractivity contribution is 5.69. The van der Waals surface area contributed by atoms with Crippen molar-refractivity contribution < 1.29 is 59.5 Å². The topological polar surface area (TPSA) is 196 Å². The lowest BCUT2D eigenvalue weighted by atomic mass is 9.97. The molecule has 2 fully saturated rings. The molecule has 2 rings (SSSR count). The molecule has 0 aliphatic carbocycles. The van der Waals surface area contributed by atoms with Crippen LogP contribution in [0, 0.1) is 0 Å². The van der Waals surface area contributed by atoms with Gasteiger partial charge in [-0.25, -0.2) is 0 Å². The van der Waals surface area contributed by atoms with Crippen molar-refractivity contribution in [2.24, 2.45) is 0 Å². The van der Waals surface area contributed by atoms with Crippen LogP contribution < -0.4 is 0 Å². The van der Waals surface area contributed by atoms with Gasteiger partial charge in [0.1, 0.15) is 42.7 Å². The fourth-order valence-electron chi connectivity index (χ4n) is 5.16. The number of aliphatic hydroxyl groups excluding tert-OH is 7. The minimum absolute atomic E-state index is 0.0830. The molecule has 0 saturated carbocycles. The Morgan fingerprint density at radius 3 is 1.71 bits per heavy atom. The van der Waals surface area contributed by atoms with Crippen molar-refractivity contribution in [3.05, 3.63) is 12.2 Å². The lowest BCUT2D eigenvalue weighted by Gasteiger charge is -2.45. The molecule has 246 valence electrons. The fourth-order valence-corrected chi connectivity index (χ4v) is 5.16. The van der Waals surface area contributed by atoms with Crippen molar-refractivity contribution >= 4 is 5.97 Å². The van der Waals surface area contributed by atoms with Crippen molar-refractivity contribution in [2.75, 3.05) is 13.2 Å². The SMILES string of the molecule is CCCCCC=CCCCCCCCCCCC(=O)OC1OC(CO)C(O)C(O)C1OC1OC(CO)C(O)C(O)C1O. The molecule has 0 aromatic carbocycles. The van der Waals surface area contributed by atoms with Crippen LogP contribution in [0.5, 0.6) is 0 Å². The van der Waals surface area contributed by atoms with Crippen molar-refractivity contribution in [1.82, 2.24) is 0 Å². The summed E-state index contributed by atoms with van der Waals surface area (Å²) in [6.45, 7) is 0.846. The van der Waals surface area contributed by atoms with Crippen LogP contribution in [0.2, 0.25) is 0 Å². The molecule has 2 aliphatic rings. The zero-order valence-electron chi connectivity index (χ0n) is 24.9. The number of ether oxygens (including phenoxy) is 4. The number of unbranched alkanes of at least 4 members (excludes halogenated alkanes) is 11. The molecule has 12 heteroatoms. The summed E-state index contributed by atoms with van der Waals surface area (Å²) in [6, 6.07) is 0. The van der Waals surface area contributed by atoms with Gasteiger partial charge in [-0.05, 0) is 32.1 Å². The third kappa shape index (κ3) is 12.1.